The van der Waals surface area contributed by atoms with Gasteiger partial charge in [-0.2, -0.15) is 0 Å². The minimum Gasteiger partial charge on any atom is -0.377 e. The zero-order valence-electron chi connectivity index (χ0n) is 23.0. The van der Waals surface area contributed by atoms with E-state index >= 15 is 0 Å². The van der Waals surface area contributed by atoms with Gasteiger partial charge in [-0.25, -0.2) is 0 Å². The second kappa shape index (κ2) is 11.6. The third kappa shape index (κ3) is 6.41. The Kier molecular flexibility index (Phi) is 8.71. The summed E-state index contributed by atoms with van der Waals surface area (Å²) in [5, 5.41) is 2.98. The second-order valence-corrected chi connectivity index (χ2v) is 12.0. The first-order valence-electron chi connectivity index (χ1n) is 13.7. The fourth-order valence-electron chi connectivity index (χ4n) is 6.01. The van der Waals surface area contributed by atoms with Gasteiger partial charge in [-0.1, -0.05) is 39.8 Å². The van der Waals surface area contributed by atoms with E-state index < -0.39 is 18.2 Å². The molecule has 8 heteroatoms. The van der Waals surface area contributed by atoms with Crippen LogP contribution in [-0.2, 0) is 19.1 Å². The molecule has 0 saturated carbocycles. The van der Waals surface area contributed by atoms with Crippen molar-refractivity contribution in [2.45, 2.75) is 83.6 Å². The highest BCUT2D eigenvalue weighted by Gasteiger charge is 2.53. The van der Waals surface area contributed by atoms with Crippen LogP contribution in [0.4, 0.5) is 0 Å². The zero-order valence-corrected chi connectivity index (χ0v) is 23.0. The number of hydrogen-bond donors (Lipinski definition) is 1. The van der Waals surface area contributed by atoms with Crippen molar-refractivity contribution >= 4 is 17.6 Å². The van der Waals surface area contributed by atoms with Crippen molar-refractivity contribution in [3.05, 3.63) is 35.4 Å². The number of amides is 2. The molecule has 0 aliphatic carbocycles. The van der Waals surface area contributed by atoms with E-state index in [-0.39, 0.29) is 42.3 Å². The van der Waals surface area contributed by atoms with Crippen LogP contribution in [0.2, 0.25) is 0 Å². The molecule has 0 bridgehead atoms. The Labute approximate surface area is 221 Å². The molecular weight excluding hydrogens is 470 g/mol. The first kappa shape index (κ1) is 27.7. The van der Waals surface area contributed by atoms with Crippen LogP contribution in [-0.4, -0.2) is 91.6 Å². The summed E-state index contributed by atoms with van der Waals surface area (Å²) in [5.41, 5.74) is 1.59. The van der Waals surface area contributed by atoms with E-state index in [2.05, 4.69) is 29.3 Å². The van der Waals surface area contributed by atoms with Crippen LogP contribution in [0.25, 0.3) is 0 Å². The Morgan fingerprint density at radius 1 is 1.16 bits per heavy atom. The average molecular weight is 514 g/mol. The molecule has 1 unspecified atom stereocenters. The first-order chi connectivity index (χ1) is 17.6. The number of Topliss-reactive ketones (excluding diaryl/α,β-unsaturated/α-hetero) is 1. The number of methoxy groups -OCH3 is 1. The van der Waals surface area contributed by atoms with E-state index in [1.807, 2.05) is 32.9 Å². The summed E-state index contributed by atoms with van der Waals surface area (Å²) in [6.45, 7) is 12.0. The van der Waals surface area contributed by atoms with E-state index in [0.29, 0.717) is 17.9 Å². The predicted molar refractivity (Wildman–Crippen MR) is 142 cm³/mol. The number of nitrogens with one attached hydrogen (secondary N) is 1. The topological polar surface area (TPSA) is 88.2 Å². The van der Waals surface area contributed by atoms with Crippen LogP contribution in [0.1, 0.15) is 75.2 Å². The minimum absolute atomic E-state index is 0.0146. The highest BCUT2D eigenvalue weighted by Crippen LogP contribution is 2.32. The van der Waals surface area contributed by atoms with Crippen molar-refractivity contribution in [2.75, 3.05) is 39.9 Å². The summed E-state index contributed by atoms with van der Waals surface area (Å²) in [6, 6.07) is 6.43. The molecule has 3 aliphatic rings. The number of likely N-dealkylation sites (tertiary alicyclic amines) is 2. The highest BCUT2D eigenvalue weighted by molar-refractivity contribution is 5.99. The lowest BCUT2D eigenvalue weighted by Crippen LogP contribution is -2.53. The van der Waals surface area contributed by atoms with Crippen LogP contribution < -0.4 is 5.32 Å². The first-order valence-corrected chi connectivity index (χ1v) is 13.7. The third-order valence-electron chi connectivity index (χ3n) is 7.92. The number of carbonyl (C=O) groups is 3. The maximum atomic E-state index is 13.7. The molecule has 4 rings (SSSR count). The summed E-state index contributed by atoms with van der Waals surface area (Å²) in [6.07, 6.45) is 3.10. The summed E-state index contributed by atoms with van der Waals surface area (Å²) in [5.74, 6) is -0.134. The lowest BCUT2D eigenvalue weighted by molar-refractivity contribution is -0.138. The van der Waals surface area contributed by atoms with Crippen molar-refractivity contribution in [1.29, 1.82) is 0 Å². The van der Waals surface area contributed by atoms with Gasteiger partial charge in [-0.05, 0) is 74.3 Å². The van der Waals surface area contributed by atoms with Gasteiger partial charge in [0.25, 0.3) is 5.91 Å². The van der Waals surface area contributed by atoms with E-state index in [9.17, 15) is 14.4 Å². The predicted octanol–water partition coefficient (Wildman–Crippen LogP) is 3.00. The van der Waals surface area contributed by atoms with Gasteiger partial charge in [0.15, 0.2) is 5.78 Å². The third-order valence-corrected chi connectivity index (χ3v) is 7.92. The number of benzene rings is 1. The van der Waals surface area contributed by atoms with Crippen LogP contribution >= 0.6 is 0 Å². The number of nitrogens with zero attached hydrogens (tertiary/aromatic N) is 2. The molecule has 3 saturated heterocycles. The summed E-state index contributed by atoms with van der Waals surface area (Å²) in [4.78, 5) is 43.6. The Morgan fingerprint density at radius 2 is 1.84 bits per heavy atom. The number of ether oxygens (including phenoxy) is 2. The van der Waals surface area contributed by atoms with E-state index in [1.54, 1.807) is 12.0 Å². The molecule has 37 heavy (non-hydrogen) atoms. The smallest absolute Gasteiger partial charge is 0.251 e. The zero-order chi connectivity index (χ0) is 26.7. The molecule has 0 spiro atoms. The van der Waals surface area contributed by atoms with Gasteiger partial charge in [0, 0.05) is 12.7 Å². The lowest BCUT2D eigenvalue weighted by Gasteiger charge is -2.32. The number of carbonyl (C=O) groups excluding carboxylic acids is 3. The maximum Gasteiger partial charge on any atom is 0.251 e. The van der Waals surface area contributed by atoms with E-state index in [0.717, 1.165) is 32.5 Å². The standard InChI is InChI=1S/C29H43N3O5/c1-6-13-31-14-11-20(12-15-31)19-7-9-21(10-8-19)27(34)30-22(16-29(2,3)4)28(35)32-17-24(36-5)26-25(32)23(33)18-37-26/h7-10,20,22,24-26H,6,11-18H2,1-5H3,(H,30,34)/t22?,24-,25-,26-/m1/s1. The molecule has 0 radical (unpaired) electrons. The largest absolute Gasteiger partial charge is 0.377 e. The number of piperidine rings is 1. The molecule has 3 fully saturated rings. The fraction of sp³-hybridized carbons (Fsp3) is 0.690. The van der Waals surface area contributed by atoms with Crippen molar-refractivity contribution in [1.82, 2.24) is 15.1 Å². The maximum absolute atomic E-state index is 13.7. The number of ketones is 1. The van der Waals surface area contributed by atoms with Crippen LogP contribution in [0, 0.1) is 5.41 Å². The molecular formula is C29H43N3O5. The lowest BCUT2D eigenvalue weighted by atomic mass is 9.87. The quantitative estimate of drug-likeness (QED) is 0.575. The van der Waals surface area contributed by atoms with Gasteiger partial charge in [-0.15, -0.1) is 0 Å². The van der Waals surface area contributed by atoms with Gasteiger partial charge < -0.3 is 24.6 Å². The Balaban J connectivity index is 1.44. The van der Waals surface area contributed by atoms with Crippen LogP contribution in [0.3, 0.4) is 0 Å². The van der Waals surface area contributed by atoms with Crippen molar-refractivity contribution in [3.63, 3.8) is 0 Å². The minimum atomic E-state index is -0.750. The normalized spacial score (nSPS) is 25.8. The van der Waals surface area contributed by atoms with Gasteiger partial charge in [-0.3, -0.25) is 14.4 Å². The Hall–Kier alpha value is -2.29. The summed E-state index contributed by atoms with van der Waals surface area (Å²) < 4.78 is 11.1. The molecule has 3 aliphatic heterocycles. The molecule has 1 N–H and O–H groups in total. The SMILES string of the molecule is CCCN1CCC(c2ccc(C(=O)NC(CC(C)(C)C)C(=O)N3C[C@@H](OC)[C@H]4OCC(=O)[C@H]43)cc2)CC1. The van der Waals surface area contributed by atoms with Gasteiger partial charge in [0.2, 0.25) is 5.91 Å². The Morgan fingerprint density at radius 3 is 2.43 bits per heavy atom. The molecule has 1 aromatic carbocycles. The summed E-state index contributed by atoms with van der Waals surface area (Å²) >= 11 is 0. The second-order valence-electron chi connectivity index (χ2n) is 12.0. The number of hydrogen-bond acceptors (Lipinski definition) is 6. The van der Waals surface area contributed by atoms with Crippen molar-refractivity contribution in [2.24, 2.45) is 5.41 Å². The average Bonchev–Trinajstić information content (AvgIpc) is 3.43. The van der Waals surface area contributed by atoms with Gasteiger partial charge >= 0.3 is 0 Å². The molecule has 3 heterocycles. The molecule has 4 atom stereocenters. The molecule has 1 aromatic rings. The number of fused-ring (bicyclic) bond motifs is 1. The molecule has 8 nitrogen and oxygen atoms in total. The summed E-state index contributed by atoms with van der Waals surface area (Å²) in [7, 11) is 1.56. The Bertz CT molecular complexity index is 965. The van der Waals surface area contributed by atoms with Gasteiger partial charge in [0.05, 0.1) is 6.54 Å². The van der Waals surface area contributed by atoms with Crippen molar-refractivity contribution < 1.29 is 23.9 Å². The van der Waals surface area contributed by atoms with E-state index in [1.165, 1.54) is 12.0 Å². The van der Waals surface area contributed by atoms with Gasteiger partial charge in [0.1, 0.15) is 30.9 Å². The van der Waals surface area contributed by atoms with E-state index in [4.69, 9.17) is 9.47 Å². The van der Waals surface area contributed by atoms with Crippen LogP contribution in [0.5, 0.6) is 0 Å². The monoisotopic (exact) mass is 513 g/mol. The number of rotatable bonds is 8. The van der Waals surface area contributed by atoms with Crippen molar-refractivity contribution in [3.8, 4) is 0 Å². The fourth-order valence-corrected chi connectivity index (χ4v) is 6.01. The highest BCUT2D eigenvalue weighted by atomic mass is 16.5. The molecule has 2 amide bonds. The van der Waals surface area contributed by atoms with Crippen LogP contribution in [0.15, 0.2) is 24.3 Å². The molecule has 0 aromatic heterocycles. The molecule has 204 valence electrons.